The fourth-order valence-corrected chi connectivity index (χ4v) is 9.53. The minimum Gasteiger partial charge on any atom is -0.297 e. The van der Waals surface area contributed by atoms with Gasteiger partial charge < -0.3 is 0 Å². The van der Waals surface area contributed by atoms with Crippen LogP contribution in [0.5, 0.6) is 0 Å². The number of aryl methyl sites for hydroxylation is 1. The van der Waals surface area contributed by atoms with Gasteiger partial charge in [0, 0.05) is 38.8 Å². The average Bonchev–Trinajstić information content (AvgIpc) is 3.16. The maximum absolute atomic E-state index is 13.4. The smallest absolute Gasteiger partial charge is 0.183 e. The molecule has 0 aromatic heterocycles. The second-order valence-corrected chi connectivity index (χ2v) is 13.2. The number of rotatable bonds is 7. The molecule has 0 N–H and O–H groups in total. The van der Waals surface area contributed by atoms with Crippen molar-refractivity contribution in [2.75, 3.05) is 44.2 Å². The predicted octanol–water partition coefficient (Wildman–Crippen LogP) is 2.52. The molecule has 2 aromatic rings. The molecule has 0 radical (unpaired) electrons. The van der Waals surface area contributed by atoms with Gasteiger partial charge >= 0.3 is 0 Å². The van der Waals surface area contributed by atoms with E-state index in [-0.39, 0.29) is 16.4 Å². The van der Waals surface area contributed by atoms with Crippen LogP contribution >= 0.6 is 0 Å². The molecule has 2 saturated heterocycles. The predicted molar refractivity (Wildman–Crippen MR) is 133 cm³/mol. The highest BCUT2D eigenvalue weighted by molar-refractivity contribution is 7.96. The van der Waals surface area contributed by atoms with Gasteiger partial charge in [-0.25, -0.2) is 16.8 Å². The van der Waals surface area contributed by atoms with Gasteiger partial charge in [-0.2, -0.15) is 0 Å². The summed E-state index contributed by atoms with van der Waals surface area (Å²) < 4.78 is 51.8. The summed E-state index contributed by atoms with van der Waals surface area (Å²) in [6.07, 6.45) is 5.06. The first-order valence-corrected chi connectivity index (χ1v) is 14.9. The molecule has 0 amide bonds. The monoisotopic (exact) mass is 488 g/mol. The van der Waals surface area contributed by atoms with E-state index >= 15 is 0 Å². The van der Waals surface area contributed by atoms with Crippen LogP contribution in [0.4, 0.5) is 0 Å². The molecule has 0 aliphatic carbocycles. The normalized spacial score (nSPS) is 24.4. The number of benzene rings is 2. The van der Waals surface area contributed by atoms with Crippen LogP contribution in [0.25, 0.3) is 6.08 Å². The Kier molecular flexibility index (Phi) is 7.38. The van der Waals surface area contributed by atoms with E-state index in [1.165, 1.54) is 0 Å². The lowest BCUT2D eigenvalue weighted by Gasteiger charge is -2.39. The summed E-state index contributed by atoms with van der Waals surface area (Å²) >= 11 is 0. The molecule has 2 fully saturated rings. The Morgan fingerprint density at radius 3 is 2.24 bits per heavy atom. The molecular formula is C25H32N2O4S2. The van der Waals surface area contributed by atoms with Gasteiger partial charge in [0.05, 0.1) is 21.7 Å². The summed E-state index contributed by atoms with van der Waals surface area (Å²) in [6, 6.07) is 16.5. The molecule has 0 unspecified atom stereocenters. The zero-order valence-corrected chi connectivity index (χ0v) is 20.6. The third-order valence-corrected chi connectivity index (χ3v) is 10.8. The third kappa shape index (κ3) is 5.74. The first-order chi connectivity index (χ1) is 15.8. The lowest BCUT2D eigenvalue weighted by atomic mass is 10.1. The van der Waals surface area contributed by atoms with E-state index in [4.69, 9.17) is 0 Å². The van der Waals surface area contributed by atoms with Crippen LogP contribution in [0.2, 0.25) is 0 Å². The van der Waals surface area contributed by atoms with E-state index in [1.807, 2.05) is 37.3 Å². The van der Waals surface area contributed by atoms with Crippen LogP contribution < -0.4 is 0 Å². The summed E-state index contributed by atoms with van der Waals surface area (Å²) in [5.74, 6) is -0.382. The highest BCUT2D eigenvalue weighted by Crippen LogP contribution is 2.30. The minimum atomic E-state index is -3.74. The van der Waals surface area contributed by atoms with Crippen molar-refractivity contribution in [1.82, 2.24) is 9.80 Å². The number of hydrogen-bond donors (Lipinski definition) is 0. The molecule has 178 valence electrons. The van der Waals surface area contributed by atoms with Crippen molar-refractivity contribution in [3.8, 4) is 0 Å². The Hall–Kier alpha value is -2.00. The fraction of sp³-hybridized carbons (Fsp3) is 0.440. The fourth-order valence-electron chi connectivity index (χ4n) is 4.70. The van der Waals surface area contributed by atoms with Crippen LogP contribution in [-0.4, -0.2) is 82.2 Å². The number of sulfone groups is 2. The number of piperazine rings is 1. The Morgan fingerprint density at radius 1 is 0.939 bits per heavy atom. The lowest BCUT2D eigenvalue weighted by molar-refractivity contribution is 0.113. The van der Waals surface area contributed by atoms with Crippen molar-refractivity contribution in [3.63, 3.8) is 0 Å². The topological polar surface area (TPSA) is 74.8 Å². The SMILES string of the molecule is CCc1ccc(S(=O)(=O)[C@H]2CS(=O)(=O)C[C@@H]2N2CCN(C/C=C/c3ccccc3)CC2)cc1. The Morgan fingerprint density at radius 2 is 1.61 bits per heavy atom. The van der Waals surface area contributed by atoms with Crippen molar-refractivity contribution in [3.05, 3.63) is 71.8 Å². The zero-order valence-electron chi connectivity index (χ0n) is 19.0. The molecule has 2 aliphatic rings. The molecule has 33 heavy (non-hydrogen) atoms. The van der Waals surface area contributed by atoms with Crippen molar-refractivity contribution >= 4 is 25.8 Å². The van der Waals surface area contributed by atoms with Gasteiger partial charge in [0.1, 0.15) is 0 Å². The van der Waals surface area contributed by atoms with Gasteiger partial charge in [-0.15, -0.1) is 0 Å². The van der Waals surface area contributed by atoms with Crippen molar-refractivity contribution in [2.45, 2.75) is 29.5 Å². The maximum atomic E-state index is 13.4. The first kappa shape index (κ1) is 24.1. The Labute approximate surface area is 197 Å². The van der Waals surface area contributed by atoms with Gasteiger partial charge in [-0.05, 0) is 29.7 Å². The summed E-state index contributed by atoms with van der Waals surface area (Å²) in [7, 11) is -7.14. The van der Waals surface area contributed by atoms with Gasteiger partial charge in [0.15, 0.2) is 19.7 Å². The molecular weight excluding hydrogens is 456 g/mol. The third-order valence-electron chi connectivity index (χ3n) is 6.68. The van der Waals surface area contributed by atoms with E-state index in [0.717, 1.165) is 37.2 Å². The minimum absolute atomic E-state index is 0.0855. The standard InChI is InChI=1S/C25H32N2O4S2/c1-2-21-10-12-23(13-11-21)33(30,31)25-20-32(28,29)19-24(25)27-17-15-26(16-18-27)14-6-9-22-7-4-3-5-8-22/h3-13,24-25H,2,14-20H2,1H3/b9-6+/t24-,25-/m0/s1. The summed E-state index contributed by atoms with van der Waals surface area (Å²) in [5.41, 5.74) is 2.22. The van der Waals surface area contributed by atoms with Crippen molar-refractivity contribution < 1.29 is 16.8 Å². The lowest BCUT2D eigenvalue weighted by Crippen LogP contribution is -2.54. The van der Waals surface area contributed by atoms with Gasteiger partial charge in [-0.3, -0.25) is 9.80 Å². The largest absolute Gasteiger partial charge is 0.297 e. The van der Waals surface area contributed by atoms with Crippen LogP contribution in [0, 0.1) is 0 Å². The van der Waals surface area contributed by atoms with E-state index < -0.39 is 31.0 Å². The zero-order chi connectivity index (χ0) is 23.5. The van der Waals surface area contributed by atoms with Gasteiger partial charge in [-0.1, -0.05) is 61.5 Å². The van der Waals surface area contributed by atoms with Crippen molar-refractivity contribution in [1.29, 1.82) is 0 Å². The second-order valence-electron chi connectivity index (χ2n) is 8.87. The highest BCUT2D eigenvalue weighted by atomic mass is 32.2. The summed E-state index contributed by atoms with van der Waals surface area (Å²) in [5, 5.41) is -0.917. The molecule has 0 bridgehead atoms. The van der Waals surface area contributed by atoms with Crippen LogP contribution in [0.1, 0.15) is 18.1 Å². The maximum Gasteiger partial charge on any atom is 0.183 e. The average molecular weight is 489 g/mol. The molecule has 0 saturated carbocycles. The van der Waals surface area contributed by atoms with E-state index in [9.17, 15) is 16.8 Å². The summed E-state index contributed by atoms with van der Waals surface area (Å²) in [4.78, 5) is 4.60. The first-order valence-electron chi connectivity index (χ1n) is 11.5. The molecule has 2 aromatic carbocycles. The molecule has 4 rings (SSSR count). The van der Waals surface area contributed by atoms with Crippen LogP contribution in [-0.2, 0) is 26.1 Å². The van der Waals surface area contributed by atoms with E-state index in [1.54, 1.807) is 12.1 Å². The highest BCUT2D eigenvalue weighted by Gasteiger charge is 2.48. The Bertz CT molecular complexity index is 1170. The van der Waals surface area contributed by atoms with Crippen LogP contribution in [0.3, 0.4) is 0 Å². The molecule has 8 heteroatoms. The molecule has 2 aliphatic heterocycles. The quantitative estimate of drug-likeness (QED) is 0.596. The summed E-state index contributed by atoms with van der Waals surface area (Å²) in [6.45, 7) is 5.74. The number of nitrogens with zero attached hydrogens (tertiary/aromatic N) is 2. The number of hydrogen-bond acceptors (Lipinski definition) is 6. The van der Waals surface area contributed by atoms with E-state index in [0.29, 0.717) is 13.1 Å². The molecule has 2 atom stereocenters. The van der Waals surface area contributed by atoms with E-state index in [2.05, 4.69) is 34.1 Å². The van der Waals surface area contributed by atoms with Gasteiger partial charge in [0.25, 0.3) is 0 Å². The van der Waals surface area contributed by atoms with Gasteiger partial charge in [0.2, 0.25) is 0 Å². The molecule has 2 heterocycles. The Balaban J connectivity index is 1.42. The van der Waals surface area contributed by atoms with Crippen LogP contribution in [0.15, 0.2) is 65.6 Å². The second kappa shape index (κ2) is 10.1. The molecule has 6 nitrogen and oxygen atoms in total. The van der Waals surface area contributed by atoms with Crippen molar-refractivity contribution in [2.24, 2.45) is 0 Å². The molecule has 0 spiro atoms.